The Balaban J connectivity index is 2.30. The lowest BCUT2D eigenvalue weighted by atomic mass is 10.1. The minimum absolute atomic E-state index is 0.0844. The number of aromatic nitrogens is 1. The number of nitrogens with zero attached hydrogens (tertiary/aromatic N) is 1. The number of hydrogen-bond donors (Lipinski definition) is 1. The molecule has 1 heterocycles. The van der Waals surface area contributed by atoms with Crippen LogP contribution in [0.4, 0.5) is 14.5 Å². The average Bonchev–Trinajstić information content (AvgIpc) is 2.43. The lowest BCUT2D eigenvalue weighted by Gasteiger charge is -2.10. The highest BCUT2D eigenvalue weighted by Crippen LogP contribution is 2.20. The molecule has 0 radical (unpaired) electrons. The van der Waals surface area contributed by atoms with E-state index in [0.29, 0.717) is 5.69 Å². The molecule has 0 aliphatic rings. The molecule has 21 heavy (non-hydrogen) atoms. The molecule has 1 aromatic carbocycles. The monoisotopic (exact) mass is 310 g/mol. The van der Waals surface area contributed by atoms with E-state index < -0.39 is 17.5 Å². The van der Waals surface area contributed by atoms with Gasteiger partial charge in [0.05, 0.1) is 5.69 Å². The first-order valence-electron chi connectivity index (χ1n) is 6.31. The normalized spacial score (nSPS) is 10.8. The lowest BCUT2D eigenvalue weighted by Crippen LogP contribution is -2.14. The third-order valence-corrected chi connectivity index (χ3v) is 3.06. The Hall–Kier alpha value is -2.01. The van der Waals surface area contributed by atoms with E-state index in [1.807, 2.05) is 13.8 Å². The number of nitrogens with one attached hydrogen (secondary N) is 1. The van der Waals surface area contributed by atoms with Crippen molar-refractivity contribution in [3.8, 4) is 0 Å². The Bertz CT molecular complexity index is 689. The van der Waals surface area contributed by atoms with Crippen LogP contribution in [0.15, 0.2) is 30.3 Å². The van der Waals surface area contributed by atoms with Crippen molar-refractivity contribution in [2.75, 3.05) is 5.32 Å². The van der Waals surface area contributed by atoms with Crippen LogP contribution in [0.5, 0.6) is 0 Å². The van der Waals surface area contributed by atoms with Crippen LogP contribution in [-0.2, 0) is 0 Å². The van der Waals surface area contributed by atoms with Crippen molar-refractivity contribution in [3.63, 3.8) is 0 Å². The second-order valence-corrected chi connectivity index (χ2v) is 5.20. The summed E-state index contributed by atoms with van der Waals surface area (Å²) in [6.07, 6.45) is 0. The molecule has 0 bridgehead atoms. The van der Waals surface area contributed by atoms with Gasteiger partial charge in [-0.15, -0.1) is 0 Å². The number of carbonyl (C=O) groups is 1. The van der Waals surface area contributed by atoms with Crippen molar-refractivity contribution in [2.24, 2.45) is 0 Å². The molecule has 0 saturated carbocycles. The SMILES string of the molecule is CC(C)c1cc(C(=O)Nc2cccc(F)c2F)cc(Cl)n1. The van der Waals surface area contributed by atoms with Gasteiger partial charge in [-0.2, -0.15) is 0 Å². The molecule has 110 valence electrons. The number of pyridine rings is 1. The quantitative estimate of drug-likeness (QED) is 0.854. The molecule has 3 nitrogen and oxygen atoms in total. The van der Waals surface area contributed by atoms with E-state index >= 15 is 0 Å². The molecular formula is C15H13ClF2N2O. The maximum absolute atomic E-state index is 13.5. The van der Waals surface area contributed by atoms with Crippen molar-refractivity contribution in [1.29, 1.82) is 0 Å². The lowest BCUT2D eigenvalue weighted by molar-refractivity contribution is 0.102. The van der Waals surface area contributed by atoms with Crippen LogP contribution in [0.2, 0.25) is 5.15 Å². The summed E-state index contributed by atoms with van der Waals surface area (Å²) in [5, 5.41) is 2.49. The molecule has 2 rings (SSSR count). The first-order chi connectivity index (χ1) is 9.88. The van der Waals surface area contributed by atoms with E-state index in [1.165, 1.54) is 18.2 Å². The van der Waals surface area contributed by atoms with Gasteiger partial charge in [-0.05, 0) is 30.2 Å². The first-order valence-corrected chi connectivity index (χ1v) is 6.69. The summed E-state index contributed by atoms with van der Waals surface area (Å²) in [5.74, 6) is -2.62. The molecule has 1 aromatic heterocycles. The van der Waals surface area contributed by atoms with Gasteiger partial charge in [0.15, 0.2) is 11.6 Å². The minimum Gasteiger partial charge on any atom is -0.319 e. The van der Waals surface area contributed by atoms with Gasteiger partial charge in [0.1, 0.15) is 5.15 Å². The van der Waals surface area contributed by atoms with Gasteiger partial charge in [-0.25, -0.2) is 13.8 Å². The van der Waals surface area contributed by atoms with Crippen molar-refractivity contribution >= 4 is 23.2 Å². The van der Waals surface area contributed by atoms with Gasteiger partial charge in [0, 0.05) is 11.3 Å². The van der Waals surface area contributed by atoms with Gasteiger partial charge in [-0.1, -0.05) is 31.5 Å². The molecular weight excluding hydrogens is 298 g/mol. The third kappa shape index (κ3) is 3.55. The van der Waals surface area contributed by atoms with Crippen LogP contribution in [0.25, 0.3) is 0 Å². The van der Waals surface area contributed by atoms with E-state index in [-0.39, 0.29) is 22.3 Å². The van der Waals surface area contributed by atoms with E-state index in [2.05, 4.69) is 10.3 Å². The fraction of sp³-hybridized carbons (Fsp3) is 0.200. The second kappa shape index (κ2) is 6.18. The van der Waals surface area contributed by atoms with Crippen LogP contribution < -0.4 is 5.32 Å². The van der Waals surface area contributed by atoms with Gasteiger partial charge in [0.2, 0.25) is 0 Å². The van der Waals surface area contributed by atoms with Crippen molar-refractivity contribution < 1.29 is 13.6 Å². The Morgan fingerprint density at radius 2 is 2.00 bits per heavy atom. The molecule has 0 atom stereocenters. The van der Waals surface area contributed by atoms with Crippen LogP contribution in [0, 0.1) is 11.6 Å². The summed E-state index contributed by atoms with van der Waals surface area (Å²) in [7, 11) is 0. The van der Waals surface area contributed by atoms with Crippen molar-refractivity contribution in [2.45, 2.75) is 19.8 Å². The highest BCUT2D eigenvalue weighted by atomic mass is 35.5. The molecule has 0 fully saturated rings. The summed E-state index contributed by atoms with van der Waals surface area (Å²) < 4.78 is 26.6. The smallest absolute Gasteiger partial charge is 0.255 e. The zero-order chi connectivity index (χ0) is 15.6. The molecule has 1 amide bonds. The third-order valence-electron chi connectivity index (χ3n) is 2.87. The zero-order valence-electron chi connectivity index (χ0n) is 11.5. The highest BCUT2D eigenvalue weighted by molar-refractivity contribution is 6.29. The summed E-state index contributed by atoms with van der Waals surface area (Å²) in [6.45, 7) is 3.82. The topological polar surface area (TPSA) is 42.0 Å². The number of rotatable bonds is 3. The van der Waals surface area contributed by atoms with E-state index in [4.69, 9.17) is 11.6 Å². The number of amides is 1. The van der Waals surface area contributed by atoms with Crippen LogP contribution >= 0.6 is 11.6 Å². The Kier molecular flexibility index (Phi) is 4.53. The largest absolute Gasteiger partial charge is 0.319 e. The molecule has 2 aromatic rings. The van der Waals surface area contributed by atoms with Crippen molar-refractivity contribution in [1.82, 2.24) is 4.98 Å². The predicted molar refractivity (Wildman–Crippen MR) is 77.6 cm³/mol. The zero-order valence-corrected chi connectivity index (χ0v) is 12.2. The number of carbonyl (C=O) groups excluding carboxylic acids is 1. The van der Waals surface area contributed by atoms with Gasteiger partial charge >= 0.3 is 0 Å². The van der Waals surface area contributed by atoms with Crippen LogP contribution in [-0.4, -0.2) is 10.9 Å². The number of anilines is 1. The molecule has 0 spiro atoms. The van der Waals surface area contributed by atoms with Gasteiger partial charge in [-0.3, -0.25) is 4.79 Å². The standard InChI is InChI=1S/C15H13ClF2N2O/c1-8(2)12-6-9(7-13(16)19-12)15(21)20-11-5-3-4-10(17)14(11)18/h3-8H,1-2H3,(H,20,21). The number of benzene rings is 1. The Labute approximate surface area is 126 Å². The van der Waals surface area contributed by atoms with E-state index in [1.54, 1.807) is 6.07 Å². The molecule has 0 unspecified atom stereocenters. The summed E-state index contributed by atoms with van der Waals surface area (Å²) in [6, 6.07) is 6.52. The molecule has 0 aliphatic heterocycles. The number of hydrogen-bond acceptors (Lipinski definition) is 2. The van der Waals surface area contributed by atoms with E-state index in [0.717, 1.165) is 6.07 Å². The van der Waals surface area contributed by atoms with Gasteiger partial charge in [0.25, 0.3) is 5.91 Å². The average molecular weight is 311 g/mol. The number of halogens is 3. The molecule has 0 aliphatic carbocycles. The van der Waals surface area contributed by atoms with E-state index in [9.17, 15) is 13.6 Å². The maximum atomic E-state index is 13.5. The predicted octanol–water partition coefficient (Wildman–Crippen LogP) is 4.39. The van der Waals surface area contributed by atoms with Crippen LogP contribution in [0.3, 0.4) is 0 Å². The van der Waals surface area contributed by atoms with Gasteiger partial charge < -0.3 is 5.32 Å². The fourth-order valence-electron chi connectivity index (χ4n) is 1.74. The summed E-state index contributed by atoms with van der Waals surface area (Å²) in [5.41, 5.74) is 0.661. The molecule has 1 N–H and O–H groups in total. The summed E-state index contributed by atoms with van der Waals surface area (Å²) >= 11 is 5.87. The first kappa shape index (κ1) is 15.4. The summed E-state index contributed by atoms with van der Waals surface area (Å²) in [4.78, 5) is 16.2. The van der Waals surface area contributed by atoms with Crippen LogP contribution in [0.1, 0.15) is 35.8 Å². The molecule has 6 heteroatoms. The maximum Gasteiger partial charge on any atom is 0.255 e. The highest BCUT2D eigenvalue weighted by Gasteiger charge is 2.14. The minimum atomic E-state index is -1.10. The second-order valence-electron chi connectivity index (χ2n) is 4.81. The van der Waals surface area contributed by atoms with Crippen molar-refractivity contribution in [3.05, 3.63) is 58.4 Å². The molecule has 0 saturated heterocycles. The Morgan fingerprint density at radius 1 is 1.29 bits per heavy atom. The fourth-order valence-corrected chi connectivity index (χ4v) is 1.95. The Morgan fingerprint density at radius 3 is 2.67 bits per heavy atom.